The van der Waals surface area contributed by atoms with Crippen LogP contribution in [0.3, 0.4) is 0 Å². The molecule has 0 bridgehead atoms. The number of hydrogen-bond donors (Lipinski definition) is 2. The van der Waals surface area contributed by atoms with E-state index >= 15 is 0 Å². The summed E-state index contributed by atoms with van der Waals surface area (Å²) in [4.78, 5) is 0. The third kappa shape index (κ3) is 3.97. The second-order valence-corrected chi connectivity index (χ2v) is 7.74. The number of hydrogen-bond acceptors (Lipinski definition) is 2. The van der Waals surface area contributed by atoms with Crippen LogP contribution in [0.5, 0.6) is 0 Å². The standard InChI is InChI=1S/C17H20ClIN2/c1-17(2,3)12-6-4-11(5-7-12)16(21-20)14-10-13(18)8-9-15(14)19/h4-10,16,21H,20H2,1-3H3. The van der Waals surface area contributed by atoms with E-state index in [1.54, 1.807) is 0 Å². The molecule has 0 amide bonds. The van der Waals surface area contributed by atoms with Crippen LogP contribution in [0.2, 0.25) is 5.02 Å². The third-order valence-electron chi connectivity index (χ3n) is 3.55. The number of benzene rings is 2. The molecule has 0 heterocycles. The molecule has 0 aliphatic rings. The molecule has 0 aliphatic carbocycles. The summed E-state index contributed by atoms with van der Waals surface area (Å²) in [5.74, 6) is 5.78. The Labute approximate surface area is 145 Å². The van der Waals surface area contributed by atoms with Gasteiger partial charge < -0.3 is 0 Å². The Morgan fingerprint density at radius 2 is 1.71 bits per heavy atom. The average Bonchev–Trinajstić information content (AvgIpc) is 2.43. The van der Waals surface area contributed by atoms with Gasteiger partial charge in [-0.05, 0) is 62.9 Å². The van der Waals surface area contributed by atoms with Crippen molar-refractivity contribution in [1.29, 1.82) is 0 Å². The molecule has 0 radical (unpaired) electrons. The summed E-state index contributed by atoms with van der Waals surface area (Å²) >= 11 is 8.43. The van der Waals surface area contributed by atoms with Gasteiger partial charge in [0.1, 0.15) is 0 Å². The smallest absolute Gasteiger partial charge is 0.0720 e. The topological polar surface area (TPSA) is 38.0 Å². The number of hydrazine groups is 1. The van der Waals surface area contributed by atoms with Crippen LogP contribution >= 0.6 is 34.2 Å². The quantitative estimate of drug-likeness (QED) is 0.430. The van der Waals surface area contributed by atoms with Gasteiger partial charge in [0, 0.05) is 8.59 Å². The van der Waals surface area contributed by atoms with E-state index in [0.29, 0.717) is 0 Å². The highest BCUT2D eigenvalue weighted by molar-refractivity contribution is 14.1. The van der Waals surface area contributed by atoms with Crippen molar-refractivity contribution >= 4 is 34.2 Å². The zero-order valence-corrected chi connectivity index (χ0v) is 15.4. The van der Waals surface area contributed by atoms with Gasteiger partial charge in [-0.2, -0.15) is 0 Å². The number of nitrogens with two attached hydrogens (primary N) is 1. The first kappa shape index (κ1) is 16.7. The Bertz CT molecular complexity index is 618. The Morgan fingerprint density at radius 3 is 2.24 bits per heavy atom. The van der Waals surface area contributed by atoms with Gasteiger partial charge in [-0.25, -0.2) is 5.43 Å². The van der Waals surface area contributed by atoms with Crippen molar-refractivity contribution in [2.75, 3.05) is 0 Å². The van der Waals surface area contributed by atoms with Crippen LogP contribution in [0.1, 0.15) is 43.5 Å². The molecule has 0 aromatic heterocycles. The minimum absolute atomic E-state index is 0.0652. The molecule has 4 heteroatoms. The molecular weight excluding hydrogens is 395 g/mol. The van der Waals surface area contributed by atoms with Crippen LogP contribution in [-0.4, -0.2) is 0 Å². The lowest BCUT2D eigenvalue weighted by atomic mass is 9.86. The first-order valence-corrected chi connectivity index (χ1v) is 8.30. The summed E-state index contributed by atoms with van der Waals surface area (Å²) in [6.45, 7) is 6.63. The number of halogens is 2. The maximum absolute atomic E-state index is 6.12. The van der Waals surface area contributed by atoms with Crippen LogP contribution in [0.15, 0.2) is 42.5 Å². The van der Waals surface area contributed by atoms with Crippen molar-refractivity contribution < 1.29 is 0 Å². The molecule has 1 unspecified atom stereocenters. The van der Waals surface area contributed by atoms with E-state index in [2.05, 4.69) is 73.1 Å². The predicted octanol–water partition coefficient (Wildman–Crippen LogP) is 4.79. The molecule has 2 aromatic rings. The summed E-state index contributed by atoms with van der Waals surface area (Å²) in [6.07, 6.45) is 0. The fourth-order valence-electron chi connectivity index (χ4n) is 2.28. The molecule has 1 atom stereocenters. The van der Waals surface area contributed by atoms with Gasteiger partial charge in [-0.15, -0.1) is 0 Å². The van der Waals surface area contributed by atoms with E-state index in [1.807, 2.05) is 18.2 Å². The number of nitrogens with one attached hydrogen (secondary N) is 1. The van der Waals surface area contributed by atoms with E-state index in [-0.39, 0.29) is 11.5 Å². The predicted molar refractivity (Wildman–Crippen MR) is 98.5 cm³/mol. The van der Waals surface area contributed by atoms with Crippen LogP contribution in [0, 0.1) is 3.57 Å². The largest absolute Gasteiger partial charge is 0.271 e. The molecule has 112 valence electrons. The van der Waals surface area contributed by atoms with E-state index in [0.717, 1.165) is 19.7 Å². The number of rotatable bonds is 3. The molecular formula is C17H20ClIN2. The maximum Gasteiger partial charge on any atom is 0.0720 e. The monoisotopic (exact) mass is 414 g/mol. The highest BCUT2D eigenvalue weighted by Gasteiger charge is 2.18. The minimum atomic E-state index is -0.0652. The zero-order valence-electron chi connectivity index (χ0n) is 12.5. The van der Waals surface area contributed by atoms with Crippen molar-refractivity contribution in [3.8, 4) is 0 Å². The van der Waals surface area contributed by atoms with E-state index in [9.17, 15) is 0 Å². The molecule has 0 fully saturated rings. The zero-order chi connectivity index (χ0) is 15.6. The average molecular weight is 415 g/mol. The van der Waals surface area contributed by atoms with Crippen LogP contribution < -0.4 is 11.3 Å². The maximum atomic E-state index is 6.12. The van der Waals surface area contributed by atoms with Gasteiger partial charge in [-0.3, -0.25) is 5.84 Å². The molecule has 0 saturated heterocycles. The highest BCUT2D eigenvalue weighted by Crippen LogP contribution is 2.30. The van der Waals surface area contributed by atoms with E-state index in [4.69, 9.17) is 17.4 Å². The first-order valence-electron chi connectivity index (χ1n) is 6.84. The second kappa shape index (κ2) is 6.65. The fraction of sp³-hybridized carbons (Fsp3) is 0.294. The van der Waals surface area contributed by atoms with Crippen LogP contribution in [-0.2, 0) is 5.41 Å². The van der Waals surface area contributed by atoms with Crippen molar-refractivity contribution in [3.05, 3.63) is 67.7 Å². The summed E-state index contributed by atoms with van der Waals surface area (Å²) in [6, 6.07) is 14.4. The minimum Gasteiger partial charge on any atom is -0.271 e. The molecule has 3 N–H and O–H groups in total. The highest BCUT2D eigenvalue weighted by atomic mass is 127. The van der Waals surface area contributed by atoms with Gasteiger partial charge in [-0.1, -0.05) is 56.6 Å². The molecule has 0 saturated carbocycles. The molecule has 2 nitrogen and oxygen atoms in total. The van der Waals surface area contributed by atoms with Crippen LogP contribution in [0.4, 0.5) is 0 Å². The van der Waals surface area contributed by atoms with Crippen LogP contribution in [0.25, 0.3) is 0 Å². The van der Waals surface area contributed by atoms with Gasteiger partial charge in [0.05, 0.1) is 6.04 Å². The fourth-order valence-corrected chi connectivity index (χ4v) is 3.10. The molecule has 2 rings (SSSR count). The molecule has 0 spiro atoms. The summed E-state index contributed by atoms with van der Waals surface area (Å²) in [5.41, 5.74) is 6.58. The van der Waals surface area contributed by atoms with E-state index < -0.39 is 0 Å². The molecule has 21 heavy (non-hydrogen) atoms. The van der Waals surface area contributed by atoms with Crippen molar-refractivity contribution in [1.82, 2.24) is 5.43 Å². The first-order chi connectivity index (χ1) is 9.82. The molecule has 2 aromatic carbocycles. The normalized spacial score (nSPS) is 13.2. The van der Waals surface area contributed by atoms with Crippen molar-refractivity contribution in [2.24, 2.45) is 5.84 Å². The Balaban J connectivity index is 2.40. The Hall–Kier alpha value is -0.620. The Morgan fingerprint density at radius 1 is 1.10 bits per heavy atom. The Kier molecular flexibility index (Phi) is 5.30. The van der Waals surface area contributed by atoms with Gasteiger partial charge in [0.15, 0.2) is 0 Å². The SMILES string of the molecule is CC(C)(C)c1ccc(C(NN)c2cc(Cl)ccc2I)cc1. The summed E-state index contributed by atoms with van der Waals surface area (Å²) < 4.78 is 1.14. The van der Waals surface area contributed by atoms with Gasteiger partial charge >= 0.3 is 0 Å². The third-order valence-corrected chi connectivity index (χ3v) is 4.76. The van der Waals surface area contributed by atoms with Crippen molar-refractivity contribution in [2.45, 2.75) is 32.2 Å². The second-order valence-electron chi connectivity index (χ2n) is 6.14. The lowest BCUT2D eigenvalue weighted by molar-refractivity contribution is 0.588. The lowest BCUT2D eigenvalue weighted by Crippen LogP contribution is -2.29. The molecule has 0 aliphatic heterocycles. The lowest BCUT2D eigenvalue weighted by Gasteiger charge is -2.22. The summed E-state index contributed by atoms with van der Waals surface area (Å²) in [5, 5.41) is 0.719. The van der Waals surface area contributed by atoms with Crippen molar-refractivity contribution in [3.63, 3.8) is 0 Å². The van der Waals surface area contributed by atoms with Gasteiger partial charge in [0.25, 0.3) is 0 Å². The summed E-state index contributed by atoms with van der Waals surface area (Å²) in [7, 11) is 0. The van der Waals surface area contributed by atoms with E-state index in [1.165, 1.54) is 5.56 Å². The van der Waals surface area contributed by atoms with Gasteiger partial charge in [0.2, 0.25) is 0 Å².